The van der Waals surface area contributed by atoms with E-state index >= 15 is 0 Å². The summed E-state index contributed by atoms with van der Waals surface area (Å²) in [6, 6.07) is 14.6. The van der Waals surface area contributed by atoms with Crippen molar-refractivity contribution in [2.45, 2.75) is 37.5 Å². The van der Waals surface area contributed by atoms with Crippen LogP contribution in [0.1, 0.15) is 31.2 Å². The Morgan fingerprint density at radius 1 is 0.973 bits per heavy atom. The number of aliphatic imine (C=N–C) groups is 1. The lowest BCUT2D eigenvalue weighted by Crippen LogP contribution is -2.53. The van der Waals surface area contributed by atoms with Crippen LogP contribution in [-0.4, -0.2) is 53.0 Å². The van der Waals surface area contributed by atoms with Gasteiger partial charge in [0.2, 0.25) is 11.7 Å². The summed E-state index contributed by atoms with van der Waals surface area (Å²) >= 11 is 6.23. The minimum atomic E-state index is -1.21. The van der Waals surface area contributed by atoms with Crippen molar-refractivity contribution in [3.8, 4) is 0 Å². The normalized spacial score (nSPS) is 29.9. The Morgan fingerprint density at radius 2 is 1.78 bits per heavy atom. The largest absolute Gasteiger partial charge is 0.369 e. The number of hydrogen-bond donors (Lipinski definition) is 3. The molecule has 2 aromatic carbocycles. The number of aromatic nitrogens is 2. The molecule has 3 fully saturated rings. The molecular formula is C27H32ClN9. The summed E-state index contributed by atoms with van der Waals surface area (Å²) in [6.07, 6.45) is 7.28. The van der Waals surface area contributed by atoms with Crippen molar-refractivity contribution in [1.82, 2.24) is 20.3 Å². The van der Waals surface area contributed by atoms with E-state index in [-0.39, 0.29) is 5.96 Å². The highest BCUT2D eigenvalue weighted by atomic mass is 35.5. The smallest absolute Gasteiger partial charge is 0.215 e. The van der Waals surface area contributed by atoms with Crippen LogP contribution in [0.15, 0.2) is 53.8 Å². The zero-order valence-electron chi connectivity index (χ0n) is 20.7. The second kappa shape index (κ2) is 8.80. The quantitative estimate of drug-likeness (QED) is 0.484. The molecule has 10 heteroatoms. The molecule has 2 aliphatic heterocycles. The molecule has 3 heterocycles. The minimum absolute atomic E-state index is 0.225. The number of nitrogens with one attached hydrogen (secondary N) is 1. The van der Waals surface area contributed by atoms with Crippen LogP contribution in [-0.2, 0) is 5.79 Å². The molecule has 1 aromatic heterocycles. The van der Waals surface area contributed by atoms with Crippen LogP contribution in [0.4, 0.5) is 11.5 Å². The molecule has 0 radical (unpaired) electrons. The van der Waals surface area contributed by atoms with Gasteiger partial charge in [-0.15, -0.1) is 0 Å². The van der Waals surface area contributed by atoms with Gasteiger partial charge in [0.05, 0.1) is 5.52 Å². The van der Waals surface area contributed by atoms with Gasteiger partial charge in [-0.25, -0.2) is 20.0 Å². The number of halogens is 1. The third-order valence-corrected chi connectivity index (χ3v) is 8.98. The molecule has 0 amide bonds. The summed E-state index contributed by atoms with van der Waals surface area (Å²) in [7, 11) is 0. The maximum Gasteiger partial charge on any atom is 0.215 e. The maximum absolute atomic E-state index is 6.71. The van der Waals surface area contributed by atoms with Crippen molar-refractivity contribution >= 4 is 40.0 Å². The fraction of sp³-hybridized carbons (Fsp3) is 0.444. The first kappa shape index (κ1) is 23.2. The number of hydrogen-bond acceptors (Lipinski definition) is 9. The molecule has 2 bridgehead atoms. The van der Waals surface area contributed by atoms with Crippen LogP contribution in [0.25, 0.3) is 10.9 Å². The lowest BCUT2D eigenvalue weighted by molar-refractivity contribution is 0.135. The number of rotatable bonds is 4. The minimum Gasteiger partial charge on any atom is -0.369 e. The summed E-state index contributed by atoms with van der Waals surface area (Å²) in [5, 5.41) is 2.94. The molecule has 37 heavy (non-hydrogen) atoms. The molecule has 2 aliphatic carbocycles. The first-order valence-electron chi connectivity index (χ1n) is 13.2. The van der Waals surface area contributed by atoms with E-state index in [2.05, 4.69) is 42.3 Å². The number of piperazine rings is 1. The van der Waals surface area contributed by atoms with E-state index in [0.29, 0.717) is 10.8 Å². The molecule has 192 valence electrons. The number of nitrogens with two attached hydrogens (primary N) is 2. The predicted molar refractivity (Wildman–Crippen MR) is 147 cm³/mol. The van der Waals surface area contributed by atoms with Gasteiger partial charge in [-0.05, 0) is 61.4 Å². The number of anilines is 2. The van der Waals surface area contributed by atoms with Gasteiger partial charge >= 0.3 is 0 Å². The molecule has 0 spiro atoms. The Morgan fingerprint density at radius 3 is 2.51 bits per heavy atom. The molecule has 9 nitrogen and oxygen atoms in total. The van der Waals surface area contributed by atoms with Crippen molar-refractivity contribution in [2.75, 3.05) is 36.1 Å². The number of hydrazine groups is 1. The summed E-state index contributed by atoms with van der Waals surface area (Å²) < 4.78 is 0. The molecular weight excluding hydrogens is 486 g/mol. The van der Waals surface area contributed by atoms with Crippen LogP contribution >= 0.6 is 11.6 Å². The predicted octanol–water partition coefficient (Wildman–Crippen LogP) is 3.00. The lowest BCUT2D eigenvalue weighted by atomic mass is 9.93. The standard InChI is InChI=1S/C27H32ClN9/c28-20-5-8-23-22(15-20)25(32-16-31-23)37-26(29)33-27(30,34-37)19-3-6-21(7-4-19)35-9-11-36(12-10-35)24-14-17-1-2-18(24)13-17/h3-8,15-18,24,34H,1-2,9-14,30H2,(H2,29,33). The van der Waals surface area contributed by atoms with Crippen LogP contribution < -0.4 is 26.8 Å². The fourth-order valence-corrected chi connectivity index (χ4v) is 7.04. The van der Waals surface area contributed by atoms with Crippen LogP contribution in [0.3, 0.4) is 0 Å². The van der Waals surface area contributed by atoms with Gasteiger partial charge in [-0.2, -0.15) is 5.43 Å². The summed E-state index contributed by atoms with van der Waals surface area (Å²) in [5.74, 6) is 1.50. The molecule has 2 saturated carbocycles. The van der Waals surface area contributed by atoms with Gasteiger partial charge in [-0.1, -0.05) is 30.2 Å². The van der Waals surface area contributed by atoms with E-state index in [0.717, 1.165) is 60.5 Å². The monoisotopic (exact) mass is 517 g/mol. The van der Waals surface area contributed by atoms with E-state index < -0.39 is 5.79 Å². The Bertz CT molecular complexity index is 1350. The Kier molecular flexibility index (Phi) is 5.51. The van der Waals surface area contributed by atoms with E-state index in [1.54, 1.807) is 11.1 Å². The van der Waals surface area contributed by atoms with Crippen LogP contribution in [0.2, 0.25) is 5.02 Å². The number of guanidine groups is 1. The van der Waals surface area contributed by atoms with Crippen molar-refractivity contribution in [1.29, 1.82) is 0 Å². The highest BCUT2D eigenvalue weighted by Crippen LogP contribution is 2.46. The van der Waals surface area contributed by atoms with Crippen molar-refractivity contribution in [3.05, 3.63) is 59.4 Å². The van der Waals surface area contributed by atoms with E-state index in [9.17, 15) is 0 Å². The summed E-state index contributed by atoms with van der Waals surface area (Å²) in [5.41, 5.74) is 19.0. The van der Waals surface area contributed by atoms with Gasteiger partial charge in [-0.3, -0.25) is 10.6 Å². The number of benzene rings is 2. The molecule has 7 rings (SSSR count). The van der Waals surface area contributed by atoms with Gasteiger partial charge in [0, 0.05) is 53.9 Å². The zero-order valence-corrected chi connectivity index (χ0v) is 21.5. The molecule has 1 saturated heterocycles. The third-order valence-electron chi connectivity index (χ3n) is 8.75. The van der Waals surface area contributed by atoms with E-state index in [4.69, 9.17) is 23.1 Å². The van der Waals surface area contributed by atoms with Crippen molar-refractivity contribution in [2.24, 2.45) is 28.3 Å². The average molecular weight is 518 g/mol. The van der Waals surface area contributed by atoms with Gasteiger partial charge < -0.3 is 10.6 Å². The maximum atomic E-state index is 6.71. The number of nitrogens with zero attached hydrogens (tertiary/aromatic N) is 6. The Hall–Kier alpha value is -2.98. The van der Waals surface area contributed by atoms with Crippen LogP contribution in [0, 0.1) is 11.8 Å². The highest BCUT2D eigenvalue weighted by molar-refractivity contribution is 6.31. The van der Waals surface area contributed by atoms with E-state index in [1.807, 2.05) is 24.3 Å². The third kappa shape index (κ3) is 4.01. The van der Waals surface area contributed by atoms with E-state index in [1.165, 1.54) is 37.7 Å². The first-order valence-corrected chi connectivity index (χ1v) is 13.6. The van der Waals surface area contributed by atoms with Gasteiger partial charge in [0.25, 0.3) is 0 Å². The second-order valence-electron chi connectivity index (χ2n) is 10.9. The van der Waals surface area contributed by atoms with Crippen molar-refractivity contribution in [3.63, 3.8) is 0 Å². The Balaban J connectivity index is 1.05. The molecule has 5 N–H and O–H groups in total. The first-order chi connectivity index (χ1) is 18.0. The van der Waals surface area contributed by atoms with Crippen molar-refractivity contribution < 1.29 is 0 Å². The van der Waals surface area contributed by atoms with Gasteiger partial charge in [0.15, 0.2) is 5.82 Å². The SMILES string of the molecule is NC1=NC(N)(c2ccc(N3CCN(C4CC5CCC4C5)CC3)cc2)NN1c1ncnc2ccc(Cl)cc12. The molecule has 4 aliphatic rings. The topological polar surface area (TPSA) is 112 Å². The molecule has 4 unspecified atom stereocenters. The molecule has 3 aromatic rings. The number of fused-ring (bicyclic) bond motifs is 3. The fourth-order valence-electron chi connectivity index (χ4n) is 6.86. The Labute approximate surface area is 221 Å². The van der Waals surface area contributed by atoms with Crippen LogP contribution in [0.5, 0.6) is 0 Å². The summed E-state index contributed by atoms with van der Waals surface area (Å²) in [6.45, 7) is 4.40. The summed E-state index contributed by atoms with van der Waals surface area (Å²) in [4.78, 5) is 18.5. The average Bonchev–Trinajstić information content (AvgIpc) is 3.63. The van der Waals surface area contributed by atoms with Gasteiger partial charge in [0.1, 0.15) is 6.33 Å². The lowest BCUT2D eigenvalue weighted by Gasteiger charge is -2.42. The molecule has 4 atom stereocenters. The highest BCUT2D eigenvalue weighted by Gasteiger charge is 2.43. The second-order valence-corrected chi connectivity index (χ2v) is 11.3. The zero-order chi connectivity index (χ0) is 25.1.